The zero-order chi connectivity index (χ0) is 17.5. The first-order valence-corrected chi connectivity index (χ1v) is 9.13. The van der Waals surface area contributed by atoms with Gasteiger partial charge in [-0.2, -0.15) is 0 Å². The first-order chi connectivity index (χ1) is 12.2. The van der Waals surface area contributed by atoms with Crippen LogP contribution in [0, 0.1) is 11.8 Å². The molecular weight excluding hydrogens is 310 g/mol. The molecule has 2 aromatic carbocycles. The number of nitrogens with one attached hydrogen (secondary N) is 3. The number of carbonyl (C=O) groups excluding carboxylic acids is 1. The molecule has 1 heterocycles. The molecule has 0 spiro atoms. The molecule has 0 radical (unpaired) electrons. The van der Waals surface area contributed by atoms with Gasteiger partial charge in [-0.15, -0.1) is 0 Å². The number of hydrogen-bond acceptors (Lipinski definition) is 3. The van der Waals surface area contributed by atoms with E-state index in [1.54, 1.807) is 0 Å². The minimum Gasteiger partial charge on any atom is -0.356 e. The van der Waals surface area contributed by atoms with E-state index >= 15 is 0 Å². The van der Waals surface area contributed by atoms with Crippen LogP contribution in [-0.4, -0.2) is 19.0 Å². The van der Waals surface area contributed by atoms with Crippen molar-refractivity contribution in [3.05, 3.63) is 54.6 Å². The summed E-state index contributed by atoms with van der Waals surface area (Å²) in [4.78, 5) is 12.3. The summed E-state index contributed by atoms with van der Waals surface area (Å²) in [7, 11) is 0. The number of amides is 1. The summed E-state index contributed by atoms with van der Waals surface area (Å²) in [5.41, 5.74) is 2.90. The van der Waals surface area contributed by atoms with Gasteiger partial charge in [0.1, 0.15) is 0 Å². The monoisotopic (exact) mass is 337 g/mol. The maximum Gasteiger partial charge on any atom is 0.224 e. The molecule has 2 aromatic rings. The smallest absolute Gasteiger partial charge is 0.224 e. The normalized spacial score (nSPS) is 18.4. The third-order valence-corrected chi connectivity index (χ3v) is 4.88. The molecule has 132 valence electrons. The van der Waals surface area contributed by atoms with Gasteiger partial charge in [0.15, 0.2) is 0 Å². The molecule has 0 bridgehead atoms. The van der Waals surface area contributed by atoms with Crippen LogP contribution in [0.5, 0.6) is 0 Å². The second kappa shape index (κ2) is 8.67. The summed E-state index contributed by atoms with van der Waals surface area (Å²) in [6, 6.07) is 17.9. The van der Waals surface area contributed by atoms with Gasteiger partial charge in [-0.25, -0.2) is 0 Å². The zero-order valence-electron chi connectivity index (χ0n) is 14.8. The van der Waals surface area contributed by atoms with Crippen LogP contribution >= 0.6 is 0 Å². The van der Waals surface area contributed by atoms with E-state index in [0.29, 0.717) is 18.3 Å². The van der Waals surface area contributed by atoms with Gasteiger partial charge in [0.25, 0.3) is 0 Å². The highest BCUT2D eigenvalue weighted by Gasteiger charge is 2.21. The number of carbonyl (C=O) groups is 1. The maximum atomic E-state index is 12.3. The lowest BCUT2D eigenvalue weighted by atomic mass is 9.85. The van der Waals surface area contributed by atoms with E-state index in [1.807, 2.05) is 54.6 Å². The molecule has 0 aliphatic carbocycles. The van der Waals surface area contributed by atoms with Gasteiger partial charge in [-0.1, -0.05) is 25.1 Å². The Morgan fingerprint density at radius 3 is 2.44 bits per heavy atom. The molecule has 1 aliphatic heterocycles. The summed E-state index contributed by atoms with van der Waals surface area (Å²) in [5.74, 6) is 1.12. The summed E-state index contributed by atoms with van der Waals surface area (Å²) < 4.78 is 0. The summed E-state index contributed by atoms with van der Waals surface area (Å²) >= 11 is 0. The second-order valence-electron chi connectivity index (χ2n) is 6.90. The number of rotatable bonds is 6. The van der Waals surface area contributed by atoms with Gasteiger partial charge in [0.05, 0.1) is 0 Å². The van der Waals surface area contributed by atoms with Crippen LogP contribution in [0.2, 0.25) is 0 Å². The van der Waals surface area contributed by atoms with E-state index < -0.39 is 0 Å². The van der Waals surface area contributed by atoms with Crippen molar-refractivity contribution in [2.75, 3.05) is 23.7 Å². The summed E-state index contributed by atoms with van der Waals surface area (Å²) in [5, 5.41) is 9.78. The Balaban J connectivity index is 1.49. The SMILES string of the molecule is CC(CC(=O)Nc1ccc(Nc2ccccc2)cc1)C1CCCNC1. The van der Waals surface area contributed by atoms with E-state index in [-0.39, 0.29) is 5.91 Å². The largest absolute Gasteiger partial charge is 0.356 e. The Morgan fingerprint density at radius 2 is 1.76 bits per heavy atom. The van der Waals surface area contributed by atoms with Gasteiger partial charge in [-0.05, 0) is 74.2 Å². The molecule has 0 saturated carbocycles. The van der Waals surface area contributed by atoms with Crippen molar-refractivity contribution in [2.24, 2.45) is 11.8 Å². The van der Waals surface area contributed by atoms with Crippen molar-refractivity contribution < 1.29 is 4.79 Å². The second-order valence-corrected chi connectivity index (χ2v) is 6.90. The highest BCUT2D eigenvalue weighted by Crippen LogP contribution is 2.23. The average molecular weight is 337 g/mol. The lowest BCUT2D eigenvalue weighted by molar-refractivity contribution is -0.117. The molecule has 2 unspecified atom stereocenters. The highest BCUT2D eigenvalue weighted by molar-refractivity contribution is 5.91. The molecule has 4 nitrogen and oxygen atoms in total. The Labute approximate surface area is 150 Å². The predicted octanol–water partition coefficient (Wildman–Crippen LogP) is 4.39. The first kappa shape index (κ1) is 17.5. The Bertz CT molecular complexity index is 663. The van der Waals surface area contributed by atoms with Crippen LogP contribution in [0.3, 0.4) is 0 Å². The fourth-order valence-corrected chi connectivity index (χ4v) is 3.36. The minimum atomic E-state index is 0.0989. The van der Waals surface area contributed by atoms with Crippen LogP contribution in [-0.2, 0) is 4.79 Å². The molecule has 25 heavy (non-hydrogen) atoms. The minimum absolute atomic E-state index is 0.0989. The molecule has 3 rings (SSSR count). The van der Waals surface area contributed by atoms with E-state index in [1.165, 1.54) is 12.8 Å². The molecule has 4 heteroatoms. The number of hydrogen-bond donors (Lipinski definition) is 3. The molecule has 1 amide bonds. The van der Waals surface area contributed by atoms with E-state index in [9.17, 15) is 4.79 Å². The van der Waals surface area contributed by atoms with Gasteiger partial charge in [0.2, 0.25) is 5.91 Å². The molecule has 3 N–H and O–H groups in total. The van der Waals surface area contributed by atoms with Gasteiger partial charge in [-0.3, -0.25) is 4.79 Å². The van der Waals surface area contributed by atoms with Crippen LogP contribution < -0.4 is 16.0 Å². The van der Waals surface area contributed by atoms with Crippen LogP contribution in [0.25, 0.3) is 0 Å². The van der Waals surface area contributed by atoms with Crippen molar-refractivity contribution in [3.63, 3.8) is 0 Å². The third kappa shape index (κ3) is 5.33. The average Bonchev–Trinajstić information content (AvgIpc) is 2.65. The molecular formula is C21H27N3O. The molecule has 2 atom stereocenters. The molecule has 1 saturated heterocycles. The lowest BCUT2D eigenvalue weighted by Crippen LogP contribution is -2.34. The van der Waals surface area contributed by atoms with Crippen LogP contribution in [0.1, 0.15) is 26.2 Å². The predicted molar refractivity (Wildman–Crippen MR) is 104 cm³/mol. The summed E-state index contributed by atoms with van der Waals surface area (Å²) in [6.45, 7) is 4.33. The Morgan fingerprint density at radius 1 is 1.08 bits per heavy atom. The van der Waals surface area contributed by atoms with Gasteiger partial charge < -0.3 is 16.0 Å². The van der Waals surface area contributed by atoms with Crippen molar-refractivity contribution in [2.45, 2.75) is 26.2 Å². The fourth-order valence-electron chi connectivity index (χ4n) is 3.36. The number of anilines is 3. The topological polar surface area (TPSA) is 53.2 Å². The lowest BCUT2D eigenvalue weighted by Gasteiger charge is -2.28. The third-order valence-electron chi connectivity index (χ3n) is 4.88. The van der Waals surface area contributed by atoms with Crippen molar-refractivity contribution in [1.29, 1.82) is 0 Å². The van der Waals surface area contributed by atoms with Crippen LogP contribution in [0.15, 0.2) is 54.6 Å². The number of benzene rings is 2. The fraction of sp³-hybridized carbons (Fsp3) is 0.381. The van der Waals surface area contributed by atoms with E-state index in [4.69, 9.17) is 0 Å². The van der Waals surface area contributed by atoms with E-state index in [0.717, 1.165) is 30.2 Å². The molecule has 0 aromatic heterocycles. The molecule has 1 aliphatic rings. The standard InChI is InChI=1S/C21H27N3O/c1-16(17-6-5-13-22-15-17)14-21(25)24-20-11-9-19(10-12-20)23-18-7-3-2-4-8-18/h2-4,7-12,16-17,22-23H,5-6,13-15H2,1H3,(H,24,25). The number of para-hydroxylation sites is 1. The first-order valence-electron chi connectivity index (χ1n) is 9.13. The zero-order valence-corrected chi connectivity index (χ0v) is 14.8. The van der Waals surface area contributed by atoms with E-state index in [2.05, 4.69) is 22.9 Å². The Hall–Kier alpha value is -2.33. The highest BCUT2D eigenvalue weighted by atomic mass is 16.1. The van der Waals surface area contributed by atoms with Crippen molar-refractivity contribution >= 4 is 23.0 Å². The van der Waals surface area contributed by atoms with Crippen molar-refractivity contribution in [1.82, 2.24) is 5.32 Å². The van der Waals surface area contributed by atoms with Crippen LogP contribution in [0.4, 0.5) is 17.1 Å². The Kier molecular flexibility index (Phi) is 6.07. The van der Waals surface area contributed by atoms with Gasteiger partial charge in [0, 0.05) is 23.5 Å². The van der Waals surface area contributed by atoms with Crippen molar-refractivity contribution in [3.8, 4) is 0 Å². The number of piperidine rings is 1. The molecule has 1 fully saturated rings. The quantitative estimate of drug-likeness (QED) is 0.732. The summed E-state index contributed by atoms with van der Waals surface area (Å²) in [6.07, 6.45) is 3.02. The maximum absolute atomic E-state index is 12.3. The van der Waals surface area contributed by atoms with Gasteiger partial charge >= 0.3 is 0 Å².